The number of oxazole rings is 1. The van der Waals surface area contributed by atoms with Crippen molar-refractivity contribution in [3.8, 4) is 6.07 Å². The Kier molecular flexibility index (Phi) is 3.66. The van der Waals surface area contributed by atoms with Crippen molar-refractivity contribution in [3.63, 3.8) is 0 Å². The second-order valence-electron chi connectivity index (χ2n) is 4.29. The summed E-state index contributed by atoms with van der Waals surface area (Å²) in [5.41, 5.74) is 1.95. The molecule has 0 aliphatic heterocycles. The van der Waals surface area contributed by atoms with E-state index in [0.717, 1.165) is 5.56 Å². The standard InChI is InChI=1S/C13H12BN3O3/c1-6-7(2)17-20-12(6)13(19-14)10(5-15)11-8(3)18-9(4)16-11/h1-4H3. The number of nitriles is 1. The molecule has 0 fully saturated rings. The molecule has 0 unspecified atom stereocenters. The van der Waals surface area contributed by atoms with Crippen LogP contribution in [0.25, 0.3) is 11.3 Å². The third kappa shape index (κ3) is 2.20. The van der Waals surface area contributed by atoms with Crippen LogP contribution in [0.5, 0.6) is 0 Å². The Morgan fingerprint density at radius 3 is 2.40 bits per heavy atom. The molecule has 2 aromatic rings. The van der Waals surface area contributed by atoms with Gasteiger partial charge in [-0.1, -0.05) is 5.16 Å². The highest BCUT2D eigenvalue weighted by molar-refractivity contribution is 6.06. The number of aromatic nitrogens is 2. The van der Waals surface area contributed by atoms with Crippen LogP contribution in [0.2, 0.25) is 0 Å². The first kappa shape index (κ1) is 13.9. The SMILES string of the molecule is [B]OC(=C(C#N)c1nc(C)oc1C)c1onc(C)c1C. The molecule has 7 heteroatoms. The zero-order chi connectivity index (χ0) is 14.9. The number of aryl methyl sites for hydroxylation is 3. The number of allylic oxidation sites excluding steroid dienone is 1. The van der Waals surface area contributed by atoms with E-state index in [0.29, 0.717) is 28.8 Å². The molecule has 0 N–H and O–H groups in total. The third-order valence-corrected chi connectivity index (χ3v) is 2.96. The fraction of sp³-hybridized carbons (Fsp3) is 0.308. The first-order valence-electron chi connectivity index (χ1n) is 5.88. The van der Waals surface area contributed by atoms with Gasteiger partial charge in [-0.3, -0.25) is 0 Å². The van der Waals surface area contributed by atoms with Gasteiger partial charge in [0.15, 0.2) is 11.6 Å². The van der Waals surface area contributed by atoms with Crippen molar-refractivity contribution >= 4 is 19.4 Å². The zero-order valence-corrected chi connectivity index (χ0v) is 11.6. The minimum Gasteiger partial charge on any atom is -0.564 e. The van der Waals surface area contributed by atoms with Crippen LogP contribution >= 0.6 is 0 Å². The van der Waals surface area contributed by atoms with Gasteiger partial charge in [-0.25, -0.2) is 4.98 Å². The first-order valence-corrected chi connectivity index (χ1v) is 5.88. The van der Waals surface area contributed by atoms with Crippen molar-refractivity contribution < 1.29 is 13.6 Å². The fourth-order valence-corrected chi connectivity index (χ4v) is 1.83. The molecule has 2 heterocycles. The number of hydrogen-bond donors (Lipinski definition) is 0. The van der Waals surface area contributed by atoms with Crippen molar-refractivity contribution in [2.45, 2.75) is 27.7 Å². The molecular weight excluding hydrogens is 257 g/mol. The monoisotopic (exact) mass is 269 g/mol. The Labute approximate surface area is 117 Å². The Morgan fingerprint density at radius 1 is 1.30 bits per heavy atom. The van der Waals surface area contributed by atoms with Gasteiger partial charge in [0.25, 0.3) is 0 Å². The van der Waals surface area contributed by atoms with E-state index in [1.807, 2.05) is 6.07 Å². The molecular formula is C13H12BN3O3. The van der Waals surface area contributed by atoms with Crippen LogP contribution in [0.3, 0.4) is 0 Å². The molecule has 0 spiro atoms. The lowest BCUT2D eigenvalue weighted by molar-refractivity contribution is 0.387. The minimum atomic E-state index is 0.0852. The highest BCUT2D eigenvalue weighted by atomic mass is 16.5. The maximum Gasteiger partial charge on any atom is 0.374 e. The van der Waals surface area contributed by atoms with Gasteiger partial charge in [0.05, 0.1) is 5.69 Å². The first-order chi connectivity index (χ1) is 9.49. The van der Waals surface area contributed by atoms with Crippen LogP contribution in [0.4, 0.5) is 0 Å². The van der Waals surface area contributed by atoms with E-state index in [1.165, 1.54) is 0 Å². The van der Waals surface area contributed by atoms with E-state index in [9.17, 15) is 5.26 Å². The molecule has 100 valence electrons. The molecule has 0 saturated carbocycles. The lowest BCUT2D eigenvalue weighted by atomic mass is 10.1. The molecule has 0 aliphatic carbocycles. The normalized spacial score (nSPS) is 11.9. The Morgan fingerprint density at radius 2 is 2.00 bits per heavy atom. The summed E-state index contributed by atoms with van der Waals surface area (Å²) in [5.74, 6) is 1.35. The Bertz CT molecular complexity index is 722. The van der Waals surface area contributed by atoms with Gasteiger partial charge in [0.1, 0.15) is 23.1 Å². The van der Waals surface area contributed by atoms with Crippen molar-refractivity contribution in [2.75, 3.05) is 0 Å². The molecule has 20 heavy (non-hydrogen) atoms. The smallest absolute Gasteiger partial charge is 0.374 e. The highest BCUT2D eigenvalue weighted by Crippen LogP contribution is 2.30. The van der Waals surface area contributed by atoms with Crippen LogP contribution in [0.1, 0.15) is 34.4 Å². The van der Waals surface area contributed by atoms with Gasteiger partial charge in [-0.15, -0.1) is 0 Å². The predicted octanol–water partition coefficient (Wildman–Crippen LogP) is 2.39. The largest absolute Gasteiger partial charge is 0.564 e. The van der Waals surface area contributed by atoms with E-state index in [4.69, 9.17) is 21.6 Å². The summed E-state index contributed by atoms with van der Waals surface area (Å²) in [6.07, 6.45) is 0. The molecule has 0 saturated heterocycles. The van der Waals surface area contributed by atoms with Gasteiger partial charge in [0, 0.05) is 12.5 Å². The predicted molar refractivity (Wildman–Crippen MR) is 71.2 cm³/mol. The van der Waals surface area contributed by atoms with Crippen molar-refractivity contribution in [2.24, 2.45) is 0 Å². The van der Waals surface area contributed by atoms with Crippen molar-refractivity contribution in [1.82, 2.24) is 10.1 Å². The molecule has 0 amide bonds. The quantitative estimate of drug-likeness (QED) is 0.483. The number of nitrogens with zero attached hydrogens (tertiary/aromatic N) is 3. The van der Waals surface area contributed by atoms with Crippen LogP contribution in [0, 0.1) is 39.0 Å². The summed E-state index contributed by atoms with van der Waals surface area (Å²) in [5, 5.41) is 13.2. The van der Waals surface area contributed by atoms with Gasteiger partial charge < -0.3 is 13.6 Å². The summed E-state index contributed by atoms with van der Waals surface area (Å²) in [7, 11) is 5.30. The van der Waals surface area contributed by atoms with E-state index < -0.39 is 0 Å². The fourth-order valence-electron chi connectivity index (χ4n) is 1.83. The summed E-state index contributed by atoms with van der Waals surface area (Å²) < 4.78 is 15.3. The zero-order valence-electron chi connectivity index (χ0n) is 11.6. The molecule has 0 aliphatic rings. The number of hydrogen-bond acceptors (Lipinski definition) is 6. The van der Waals surface area contributed by atoms with E-state index >= 15 is 0 Å². The third-order valence-electron chi connectivity index (χ3n) is 2.96. The van der Waals surface area contributed by atoms with Crippen molar-refractivity contribution in [3.05, 3.63) is 34.4 Å². The summed E-state index contributed by atoms with van der Waals surface area (Å²) >= 11 is 0. The summed E-state index contributed by atoms with van der Waals surface area (Å²) in [4.78, 5) is 4.17. The molecule has 0 aromatic carbocycles. The van der Waals surface area contributed by atoms with Crippen LogP contribution < -0.4 is 0 Å². The van der Waals surface area contributed by atoms with E-state index in [-0.39, 0.29) is 11.3 Å². The minimum absolute atomic E-state index is 0.0852. The van der Waals surface area contributed by atoms with Gasteiger partial charge >= 0.3 is 8.05 Å². The topological polar surface area (TPSA) is 85.1 Å². The van der Waals surface area contributed by atoms with E-state index in [2.05, 4.69) is 10.1 Å². The van der Waals surface area contributed by atoms with Gasteiger partial charge in [0.2, 0.25) is 5.76 Å². The maximum absolute atomic E-state index is 9.39. The Hall–Kier alpha value is -2.49. The van der Waals surface area contributed by atoms with Crippen LogP contribution in [-0.4, -0.2) is 18.2 Å². The lowest BCUT2D eigenvalue weighted by Gasteiger charge is -2.06. The molecule has 2 rings (SSSR count). The van der Waals surface area contributed by atoms with Gasteiger partial charge in [-0.05, 0) is 20.8 Å². The summed E-state index contributed by atoms with van der Waals surface area (Å²) in [6, 6.07) is 2.02. The summed E-state index contributed by atoms with van der Waals surface area (Å²) in [6.45, 7) is 6.99. The Balaban J connectivity index is 2.69. The number of rotatable bonds is 3. The average Bonchev–Trinajstić information content (AvgIpc) is 2.91. The van der Waals surface area contributed by atoms with Crippen LogP contribution in [-0.2, 0) is 4.65 Å². The molecule has 0 atom stereocenters. The van der Waals surface area contributed by atoms with Crippen LogP contribution in [0.15, 0.2) is 8.94 Å². The van der Waals surface area contributed by atoms with E-state index in [1.54, 1.807) is 27.7 Å². The highest BCUT2D eigenvalue weighted by Gasteiger charge is 2.23. The maximum atomic E-state index is 9.39. The molecule has 2 aromatic heterocycles. The van der Waals surface area contributed by atoms with Crippen molar-refractivity contribution in [1.29, 1.82) is 5.26 Å². The molecule has 6 nitrogen and oxygen atoms in total. The second-order valence-corrected chi connectivity index (χ2v) is 4.29. The second kappa shape index (κ2) is 5.25. The average molecular weight is 269 g/mol. The lowest BCUT2D eigenvalue weighted by Crippen LogP contribution is -1.97. The van der Waals surface area contributed by atoms with Gasteiger partial charge in [-0.2, -0.15) is 5.26 Å². The molecule has 2 radical (unpaired) electrons. The molecule has 0 bridgehead atoms.